The van der Waals surface area contributed by atoms with Crippen LogP contribution in [0.2, 0.25) is 0 Å². The maximum Gasteiger partial charge on any atom is 0.251 e. The van der Waals surface area contributed by atoms with Crippen molar-refractivity contribution in [2.75, 3.05) is 24.5 Å². The predicted molar refractivity (Wildman–Crippen MR) is 78.6 cm³/mol. The van der Waals surface area contributed by atoms with Crippen LogP contribution >= 0.6 is 0 Å². The molecule has 0 bridgehead atoms. The van der Waals surface area contributed by atoms with E-state index in [0.717, 1.165) is 18.7 Å². The SMILES string of the molecule is CC(CN)CNC(=O)c1ccc(N2CCCC2=O)cc1. The Kier molecular flexibility index (Phi) is 4.74. The summed E-state index contributed by atoms with van der Waals surface area (Å²) in [5, 5.41) is 2.85. The van der Waals surface area contributed by atoms with Crippen LogP contribution < -0.4 is 16.0 Å². The molecule has 5 nitrogen and oxygen atoms in total. The summed E-state index contributed by atoms with van der Waals surface area (Å²) in [6.45, 7) is 3.87. The molecule has 0 spiro atoms. The molecular formula is C15H21N3O2. The van der Waals surface area contributed by atoms with Crippen molar-refractivity contribution in [3.8, 4) is 0 Å². The Morgan fingerprint density at radius 2 is 2.10 bits per heavy atom. The molecule has 1 aromatic carbocycles. The third kappa shape index (κ3) is 3.36. The number of nitrogens with two attached hydrogens (primary N) is 1. The van der Waals surface area contributed by atoms with Crippen LogP contribution in [0.5, 0.6) is 0 Å². The average molecular weight is 275 g/mol. The molecule has 1 unspecified atom stereocenters. The van der Waals surface area contributed by atoms with Crippen molar-refractivity contribution < 1.29 is 9.59 Å². The number of nitrogens with one attached hydrogen (secondary N) is 1. The molecule has 0 radical (unpaired) electrons. The summed E-state index contributed by atoms with van der Waals surface area (Å²) >= 11 is 0. The standard InChI is InChI=1S/C15H21N3O2/c1-11(9-16)10-17-15(20)12-4-6-13(7-5-12)18-8-2-3-14(18)19/h4-7,11H,2-3,8-10,16H2,1H3,(H,17,20). The van der Waals surface area contributed by atoms with E-state index in [2.05, 4.69) is 5.32 Å². The van der Waals surface area contributed by atoms with Crippen LogP contribution in [0.3, 0.4) is 0 Å². The summed E-state index contributed by atoms with van der Waals surface area (Å²) in [6.07, 6.45) is 1.51. The molecule has 1 saturated heterocycles. The molecule has 1 atom stereocenters. The van der Waals surface area contributed by atoms with Gasteiger partial charge in [0.15, 0.2) is 0 Å². The number of carbonyl (C=O) groups excluding carboxylic acids is 2. The van der Waals surface area contributed by atoms with Crippen LogP contribution in [-0.4, -0.2) is 31.4 Å². The van der Waals surface area contributed by atoms with E-state index < -0.39 is 0 Å². The van der Waals surface area contributed by atoms with Gasteiger partial charge in [0.05, 0.1) is 0 Å². The third-order valence-corrected chi connectivity index (χ3v) is 3.53. The fraction of sp³-hybridized carbons (Fsp3) is 0.467. The highest BCUT2D eigenvalue weighted by Crippen LogP contribution is 2.21. The van der Waals surface area contributed by atoms with E-state index in [0.29, 0.717) is 25.1 Å². The van der Waals surface area contributed by atoms with Gasteiger partial charge in [-0.05, 0) is 43.1 Å². The summed E-state index contributed by atoms with van der Waals surface area (Å²) in [6, 6.07) is 7.15. The molecule has 1 fully saturated rings. The van der Waals surface area contributed by atoms with Gasteiger partial charge in [-0.3, -0.25) is 9.59 Å². The lowest BCUT2D eigenvalue weighted by atomic mass is 10.1. The quantitative estimate of drug-likeness (QED) is 0.846. The topological polar surface area (TPSA) is 75.4 Å². The van der Waals surface area contributed by atoms with Crippen molar-refractivity contribution in [2.24, 2.45) is 11.7 Å². The maximum absolute atomic E-state index is 11.9. The Labute approximate surface area is 119 Å². The van der Waals surface area contributed by atoms with Crippen molar-refractivity contribution >= 4 is 17.5 Å². The Morgan fingerprint density at radius 3 is 2.65 bits per heavy atom. The van der Waals surface area contributed by atoms with Gasteiger partial charge in [-0.2, -0.15) is 0 Å². The van der Waals surface area contributed by atoms with Crippen LogP contribution in [0.4, 0.5) is 5.69 Å². The Morgan fingerprint density at radius 1 is 1.40 bits per heavy atom. The second-order valence-corrected chi connectivity index (χ2v) is 5.25. The van der Waals surface area contributed by atoms with E-state index in [-0.39, 0.29) is 17.7 Å². The van der Waals surface area contributed by atoms with E-state index >= 15 is 0 Å². The van der Waals surface area contributed by atoms with Crippen molar-refractivity contribution in [1.29, 1.82) is 0 Å². The Hall–Kier alpha value is -1.88. The summed E-state index contributed by atoms with van der Waals surface area (Å²) < 4.78 is 0. The van der Waals surface area contributed by atoms with Crippen LogP contribution in [-0.2, 0) is 4.79 Å². The van der Waals surface area contributed by atoms with Gasteiger partial charge in [0.1, 0.15) is 0 Å². The molecule has 108 valence electrons. The van der Waals surface area contributed by atoms with Crippen LogP contribution in [0.15, 0.2) is 24.3 Å². The maximum atomic E-state index is 11.9. The van der Waals surface area contributed by atoms with Crippen LogP contribution in [0.25, 0.3) is 0 Å². The smallest absolute Gasteiger partial charge is 0.251 e. The van der Waals surface area contributed by atoms with E-state index in [4.69, 9.17) is 5.73 Å². The molecule has 1 aromatic rings. The highest BCUT2D eigenvalue weighted by atomic mass is 16.2. The number of hydrogen-bond acceptors (Lipinski definition) is 3. The lowest BCUT2D eigenvalue weighted by Gasteiger charge is -2.16. The lowest BCUT2D eigenvalue weighted by molar-refractivity contribution is -0.117. The minimum absolute atomic E-state index is 0.107. The van der Waals surface area contributed by atoms with Gasteiger partial charge >= 0.3 is 0 Å². The molecule has 0 saturated carbocycles. The molecule has 3 N–H and O–H groups in total. The fourth-order valence-electron chi connectivity index (χ4n) is 2.17. The van der Waals surface area contributed by atoms with Crippen molar-refractivity contribution in [1.82, 2.24) is 5.32 Å². The largest absolute Gasteiger partial charge is 0.352 e. The third-order valence-electron chi connectivity index (χ3n) is 3.53. The first-order valence-electron chi connectivity index (χ1n) is 7.00. The zero-order valence-corrected chi connectivity index (χ0v) is 11.8. The molecule has 2 amide bonds. The number of amides is 2. The van der Waals surface area contributed by atoms with Gasteiger partial charge in [0.2, 0.25) is 5.91 Å². The minimum Gasteiger partial charge on any atom is -0.352 e. The van der Waals surface area contributed by atoms with Crippen molar-refractivity contribution in [2.45, 2.75) is 19.8 Å². The van der Waals surface area contributed by atoms with Crippen LogP contribution in [0, 0.1) is 5.92 Å². The Bertz CT molecular complexity index is 484. The zero-order chi connectivity index (χ0) is 14.5. The van der Waals surface area contributed by atoms with Gasteiger partial charge in [-0.1, -0.05) is 6.92 Å². The Balaban J connectivity index is 1.97. The van der Waals surface area contributed by atoms with E-state index in [1.54, 1.807) is 17.0 Å². The van der Waals surface area contributed by atoms with E-state index in [1.807, 2.05) is 19.1 Å². The zero-order valence-electron chi connectivity index (χ0n) is 11.8. The molecule has 5 heteroatoms. The molecule has 0 aromatic heterocycles. The van der Waals surface area contributed by atoms with E-state index in [9.17, 15) is 9.59 Å². The molecular weight excluding hydrogens is 254 g/mol. The second kappa shape index (κ2) is 6.52. The van der Waals surface area contributed by atoms with Gasteiger partial charge in [-0.15, -0.1) is 0 Å². The summed E-state index contributed by atoms with van der Waals surface area (Å²) in [5.41, 5.74) is 6.97. The first-order valence-corrected chi connectivity index (χ1v) is 7.00. The molecule has 1 aliphatic heterocycles. The average Bonchev–Trinajstić information content (AvgIpc) is 2.90. The van der Waals surface area contributed by atoms with Crippen LogP contribution in [0.1, 0.15) is 30.1 Å². The highest BCUT2D eigenvalue weighted by molar-refractivity contribution is 5.97. The molecule has 1 heterocycles. The monoisotopic (exact) mass is 275 g/mol. The fourth-order valence-corrected chi connectivity index (χ4v) is 2.17. The molecule has 2 rings (SSSR count). The second-order valence-electron chi connectivity index (χ2n) is 5.25. The number of benzene rings is 1. The van der Waals surface area contributed by atoms with E-state index in [1.165, 1.54) is 0 Å². The number of anilines is 1. The summed E-state index contributed by atoms with van der Waals surface area (Å²) in [7, 11) is 0. The molecule has 20 heavy (non-hydrogen) atoms. The van der Waals surface area contributed by atoms with Gasteiger partial charge < -0.3 is 16.0 Å². The highest BCUT2D eigenvalue weighted by Gasteiger charge is 2.21. The normalized spacial score (nSPS) is 16.3. The first-order chi connectivity index (χ1) is 9.61. The summed E-state index contributed by atoms with van der Waals surface area (Å²) in [5.74, 6) is 0.309. The van der Waals surface area contributed by atoms with Crippen molar-refractivity contribution in [3.63, 3.8) is 0 Å². The predicted octanol–water partition coefficient (Wildman–Crippen LogP) is 1.14. The molecule has 0 aliphatic carbocycles. The molecule has 1 aliphatic rings. The number of hydrogen-bond donors (Lipinski definition) is 2. The minimum atomic E-state index is -0.107. The number of nitrogens with zero attached hydrogens (tertiary/aromatic N) is 1. The van der Waals surface area contributed by atoms with Gasteiger partial charge in [-0.25, -0.2) is 0 Å². The van der Waals surface area contributed by atoms with Crippen molar-refractivity contribution in [3.05, 3.63) is 29.8 Å². The number of rotatable bonds is 5. The lowest BCUT2D eigenvalue weighted by Crippen LogP contribution is -2.31. The van der Waals surface area contributed by atoms with Gasteiger partial charge in [0, 0.05) is 30.8 Å². The van der Waals surface area contributed by atoms with Gasteiger partial charge in [0.25, 0.3) is 5.91 Å². The summed E-state index contributed by atoms with van der Waals surface area (Å²) in [4.78, 5) is 25.3. The first kappa shape index (κ1) is 14.5. The number of carbonyl (C=O) groups is 2.